The van der Waals surface area contributed by atoms with Gasteiger partial charge in [-0.1, -0.05) is 33.1 Å². The first-order valence-electron chi connectivity index (χ1n) is 7.69. The zero-order valence-electron chi connectivity index (χ0n) is 12.2. The zero-order chi connectivity index (χ0) is 13.7. The smallest absolute Gasteiger partial charge is 0.134 e. The van der Waals surface area contributed by atoms with Crippen molar-refractivity contribution in [3.8, 4) is 0 Å². The summed E-state index contributed by atoms with van der Waals surface area (Å²) in [6.07, 6.45) is 9.04. The first kappa shape index (κ1) is 14.6. The maximum Gasteiger partial charge on any atom is 0.134 e. The summed E-state index contributed by atoms with van der Waals surface area (Å²) in [5.74, 6) is 1.68. The van der Waals surface area contributed by atoms with Crippen LogP contribution < -0.4 is 5.73 Å². The molecular weight excluding hydrogens is 238 g/mol. The van der Waals surface area contributed by atoms with Crippen LogP contribution in [0.3, 0.4) is 0 Å². The van der Waals surface area contributed by atoms with Gasteiger partial charge in [0.1, 0.15) is 11.9 Å². The number of hydrogen-bond acceptors (Lipinski definition) is 3. The summed E-state index contributed by atoms with van der Waals surface area (Å²) in [5, 5.41) is 0. The molecular formula is C16H27NO2. The Morgan fingerprint density at radius 1 is 1.42 bits per heavy atom. The van der Waals surface area contributed by atoms with Crippen LogP contribution in [-0.4, -0.2) is 12.1 Å². The summed E-state index contributed by atoms with van der Waals surface area (Å²) < 4.78 is 11.8. The van der Waals surface area contributed by atoms with E-state index in [9.17, 15) is 0 Å². The molecule has 1 aliphatic carbocycles. The van der Waals surface area contributed by atoms with E-state index >= 15 is 0 Å². The van der Waals surface area contributed by atoms with E-state index in [1.54, 1.807) is 6.26 Å². The highest BCUT2D eigenvalue weighted by Crippen LogP contribution is 2.33. The number of furan rings is 1. The van der Waals surface area contributed by atoms with Crippen molar-refractivity contribution in [3.05, 3.63) is 24.2 Å². The van der Waals surface area contributed by atoms with Crippen LogP contribution in [0.1, 0.15) is 64.2 Å². The van der Waals surface area contributed by atoms with Crippen LogP contribution >= 0.6 is 0 Å². The Kier molecular flexibility index (Phi) is 5.46. The molecule has 1 heterocycles. The molecule has 19 heavy (non-hydrogen) atoms. The molecule has 0 saturated heterocycles. The van der Waals surface area contributed by atoms with E-state index in [0.29, 0.717) is 6.10 Å². The molecule has 0 bridgehead atoms. The van der Waals surface area contributed by atoms with E-state index in [4.69, 9.17) is 14.9 Å². The van der Waals surface area contributed by atoms with Gasteiger partial charge in [0.05, 0.1) is 12.4 Å². The van der Waals surface area contributed by atoms with E-state index in [1.807, 2.05) is 12.1 Å². The molecule has 2 N–H and O–H groups in total. The van der Waals surface area contributed by atoms with Crippen LogP contribution in [0.4, 0.5) is 0 Å². The second kappa shape index (κ2) is 7.11. The Balaban J connectivity index is 2.00. The van der Waals surface area contributed by atoms with Gasteiger partial charge in [0, 0.05) is 6.04 Å². The second-order valence-corrected chi connectivity index (χ2v) is 5.71. The average molecular weight is 265 g/mol. The lowest BCUT2D eigenvalue weighted by Gasteiger charge is -2.32. The van der Waals surface area contributed by atoms with E-state index in [0.717, 1.165) is 24.5 Å². The molecule has 0 aliphatic heterocycles. The summed E-state index contributed by atoms with van der Waals surface area (Å²) >= 11 is 0. The van der Waals surface area contributed by atoms with Crippen LogP contribution in [-0.2, 0) is 4.74 Å². The Hall–Kier alpha value is -0.800. The molecule has 4 unspecified atom stereocenters. The lowest BCUT2D eigenvalue weighted by Crippen LogP contribution is -2.34. The highest BCUT2D eigenvalue weighted by atomic mass is 16.5. The maximum absolute atomic E-state index is 6.30. The summed E-state index contributed by atoms with van der Waals surface area (Å²) in [7, 11) is 0. The summed E-state index contributed by atoms with van der Waals surface area (Å²) in [4.78, 5) is 0. The van der Waals surface area contributed by atoms with Gasteiger partial charge in [-0.3, -0.25) is 0 Å². The quantitative estimate of drug-likeness (QED) is 0.844. The van der Waals surface area contributed by atoms with Crippen molar-refractivity contribution < 1.29 is 9.15 Å². The molecule has 4 atom stereocenters. The number of rotatable bonds is 6. The van der Waals surface area contributed by atoms with E-state index in [2.05, 4.69) is 13.8 Å². The Bertz CT molecular complexity index is 350. The Morgan fingerprint density at radius 2 is 2.26 bits per heavy atom. The minimum absolute atomic E-state index is 0.00755. The molecule has 1 aliphatic rings. The van der Waals surface area contributed by atoms with Crippen molar-refractivity contribution >= 4 is 0 Å². The molecule has 0 spiro atoms. The molecule has 3 heteroatoms. The Morgan fingerprint density at radius 3 is 2.89 bits per heavy atom. The molecule has 0 amide bonds. The van der Waals surface area contributed by atoms with Crippen molar-refractivity contribution in [1.82, 2.24) is 0 Å². The summed E-state index contributed by atoms with van der Waals surface area (Å²) in [6, 6.07) is 3.89. The highest BCUT2D eigenvalue weighted by Gasteiger charge is 2.28. The van der Waals surface area contributed by atoms with Gasteiger partial charge in [0.25, 0.3) is 0 Å². The van der Waals surface area contributed by atoms with Gasteiger partial charge in [0.15, 0.2) is 0 Å². The van der Waals surface area contributed by atoms with Crippen molar-refractivity contribution in [2.75, 3.05) is 0 Å². The van der Waals surface area contributed by atoms with Crippen molar-refractivity contribution in [2.45, 2.75) is 70.6 Å². The maximum atomic E-state index is 6.30. The minimum atomic E-state index is -0.0967. The molecule has 0 aromatic carbocycles. The third kappa shape index (κ3) is 3.83. The third-order valence-electron chi connectivity index (χ3n) is 4.33. The van der Waals surface area contributed by atoms with Crippen molar-refractivity contribution in [1.29, 1.82) is 0 Å². The summed E-state index contributed by atoms with van der Waals surface area (Å²) in [6.45, 7) is 4.37. The second-order valence-electron chi connectivity index (χ2n) is 5.71. The number of nitrogens with two attached hydrogens (primary N) is 1. The van der Waals surface area contributed by atoms with E-state index < -0.39 is 0 Å². The van der Waals surface area contributed by atoms with Crippen LogP contribution in [0.15, 0.2) is 22.8 Å². The monoisotopic (exact) mass is 265 g/mol. The van der Waals surface area contributed by atoms with Gasteiger partial charge >= 0.3 is 0 Å². The van der Waals surface area contributed by atoms with Gasteiger partial charge in [-0.2, -0.15) is 0 Å². The molecule has 108 valence electrons. The molecule has 1 aromatic rings. The molecule has 1 saturated carbocycles. The third-order valence-corrected chi connectivity index (χ3v) is 4.33. The highest BCUT2D eigenvalue weighted by molar-refractivity contribution is 5.05. The molecule has 1 aromatic heterocycles. The first-order chi connectivity index (χ1) is 9.24. The fourth-order valence-corrected chi connectivity index (χ4v) is 2.99. The fourth-order valence-electron chi connectivity index (χ4n) is 2.99. The molecule has 0 radical (unpaired) electrons. The lowest BCUT2D eigenvalue weighted by atomic mass is 9.85. The minimum Gasteiger partial charge on any atom is -0.467 e. The average Bonchev–Trinajstić information content (AvgIpc) is 2.98. The molecule has 2 rings (SSSR count). The zero-order valence-corrected chi connectivity index (χ0v) is 12.2. The Labute approximate surface area is 116 Å². The van der Waals surface area contributed by atoms with Gasteiger partial charge in [-0.25, -0.2) is 0 Å². The predicted molar refractivity (Wildman–Crippen MR) is 76.8 cm³/mol. The fraction of sp³-hybridized carbons (Fsp3) is 0.750. The standard InChI is InChI=1S/C16H27NO2/c1-3-12-7-5-8-13(11-12)19-16(14(17)4-2)15-9-6-10-18-15/h6,9-10,12-14,16H,3-5,7-8,11,17H2,1-2H3. The van der Waals surface area contributed by atoms with E-state index in [-0.39, 0.29) is 12.1 Å². The number of ether oxygens (including phenoxy) is 1. The van der Waals surface area contributed by atoms with Crippen molar-refractivity contribution in [3.63, 3.8) is 0 Å². The summed E-state index contributed by atoms with van der Waals surface area (Å²) in [5.41, 5.74) is 6.21. The largest absolute Gasteiger partial charge is 0.467 e. The van der Waals surface area contributed by atoms with Crippen LogP contribution in [0.25, 0.3) is 0 Å². The van der Waals surface area contributed by atoms with Gasteiger partial charge in [-0.05, 0) is 37.3 Å². The van der Waals surface area contributed by atoms with Gasteiger partial charge in [-0.15, -0.1) is 0 Å². The predicted octanol–water partition coefficient (Wildman–Crippen LogP) is 4.04. The number of hydrogen-bond donors (Lipinski definition) is 1. The first-order valence-corrected chi connectivity index (χ1v) is 7.69. The lowest BCUT2D eigenvalue weighted by molar-refractivity contribution is -0.0621. The van der Waals surface area contributed by atoms with E-state index in [1.165, 1.54) is 25.7 Å². The van der Waals surface area contributed by atoms with Crippen molar-refractivity contribution in [2.24, 2.45) is 11.7 Å². The molecule has 1 fully saturated rings. The normalized spacial score (nSPS) is 27.1. The van der Waals surface area contributed by atoms with Gasteiger partial charge in [0.2, 0.25) is 0 Å². The van der Waals surface area contributed by atoms with Crippen LogP contribution in [0.2, 0.25) is 0 Å². The molecule has 3 nitrogen and oxygen atoms in total. The topological polar surface area (TPSA) is 48.4 Å². The van der Waals surface area contributed by atoms with Crippen LogP contribution in [0, 0.1) is 5.92 Å². The van der Waals surface area contributed by atoms with Gasteiger partial charge < -0.3 is 14.9 Å². The SMILES string of the molecule is CCC1CCCC(OC(c2ccco2)C(N)CC)C1. The van der Waals surface area contributed by atoms with Crippen LogP contribution in [0.5, 0.6) is 0 Å².